The molecule has 0 aromatic carbocycles. The maximum atomic E-state index is 12.0. The number of rotatable bonds is 3. The lowest BCUT2D eigenvalue weighted by Crippen LogP contribution is -2.39. The van der Waals surface area contributed by atoms with Crippen LogP contribution in [0.3, 0.4) is 0 Å². The van der Waals surface area contributed by atoms with Crippen molar-refractivity contribution in [3.05, 3.63) is 0 Å². The van der Waals surface area contributed by atoms with Gasteiger partial charge in [0.05, 0.1) is 5.25 Å². The Bertz CT molecular complexity index is 311. The van der Waals surface area contributed by atoms with Crippen LogP contribution >= 0.6 is 0 Å². The zero-order valence-electron chi connectivity index (χ0n) is 9.35. The lowest BCUT2D eigenvalue weighted by atomic mass is 9.80. The summed E-state index contributed by atoms with van der Waals surface area (Å²) in [5.74, 6) is 1.69. The summed E-state index contributed by atoms with van der Waals surface area (Å²) in [5.41, 5.74) is 5.69. The van der Waals surface area contributed by atoms with Gasteiger partial charge in [0.1, 0.15) is 0 Å². The van der Waals surface area contributed by atoms with Gasteiger partial charge in [0.25, 0.3) is 0 Å². The summed E-state index contributed by atoms with van der Waals surface area (Å²) in [5, 5.41) is -0.0368. The number of hydrogen-bond donors (Lipinski definition) is 1. The maximum Gasteiger partial charge on any atom is 0.153 e. The molecule has 0 saturated heterocycles. The largest absolute Gasteiger partial charge is 0.330 e. The van der Waals surface area contributed by atoms with E-state index < -0.39 is 9.84 Å². The van der Waals surface area contributed by atoms with Gasteiger partial charge in [-0.2, -0.15) is 0 Å². The first-order chi connectivity index (χ1) is 7.08. The lowest BCUT2D eigenvalue weighted by molar-refractivity contribution is 0.268. The topological polar surface area (TPSA) is 60.2 Å². The quantitative estimate of drug-likeness (QED) is 0.793. The molecule has 2 atom stereocenters. The molecule has 2 aliphatic rings. The van der Waals surface area contributed by atoms with Gasteiger partial charge in [0.15, 0.2) is 9.84 Å². The summed E-state index contributed by atoms with van der Waals surface area (Å²) in [6, 6.07) is 0. The highest BCUT2D eigenvalue weighted by Gasteiger charge is 2.47. The van der Waals surface area contributed by atoms with Crippen molar-refractivity contribution in [3.63, 3.8) is 0 Å². The van der Waals surface area contributed by atoms with E-state index >= 15 is 0 Å². The highest BCUT2D eigenvalue weighted by atomic mass is 32.2. The molecule has 2 aliphatic carbocycles. The fourth-order valence-corrected chi connectivity index (χ4v) is 5.62. The summed E-state index contributed by atoms with van der Waals surface area (Å²) in [6.07, 6.45) is 4.28. The van der Waals surface area contributed by atoms with Gasteiger partial charge in [-0.3, -0.25) is 0 Å². The first-order valence-electron chi connectivity index (χ1n) is 6.00. The van der Waals surface area contributed by atoms with Crippen molar-refractivity contribution < 1.29 is 8.42 Å². The van der Waals surface area contributed by atoms with Gasteiger partial charge >= 0.3 is 0 Å². The van der Waals surface area contributed by atoms with E-state index in [1.807, 2.05) is 0 Å². The van der Waals surface area contributed by atoms with Crippen molar-refractivity contribution in [2.75, 3.05) is 12.3 Å². The minimum atomic E-state index is -2.83. The Labute approximate surface area is 92.3 Å². The highest BCUT2D eigenvalue weighted by Crippen LogP contribution is 2.47. The monoisotopic (exact) mass is 231 g/mol. The highest BCUT2D eigenvalue weighted by molar-refractivity contribution is 7.92. The molecule has 0 amide bonds. The van der Waals surface area contributed by atoms with Gasteiger partial charge in [-0.15, -0.1) is 0 Å². The van der Waals surface area contributed by atoms with Crippen LogP contribution < -0.4 is 5.73 Å². The van der Waals surface area contributed by atoms with Gasteiger partial charge in [-0.05, 0) is 50.0 Å². The Balaban J connectivity index is 2.18. The molecule has 0 aromatic heterocycles. The Hall–Kier alpha value is -0.0900. The smallest absolute Gasteiger partial charge is 0.153 e. The molecule has 0 aliphatic heterocycles. The molecule has 0 radical (unpaired) electrons. The van der Waals surface area contributed by atoms with E-state index in [-0.39, 0.29) is 5.25 Å². The SMILES string of the molecule is CCS(=O)(=O)C1C2CCC1CC(CN)C2. The second-order valence-electron chi connectivity index (χ2n) is 5.09. The van der Waals surface area contributed by atoms with E-state index in [0.717, 1.165) is 32.2 Å². The summed E-state index contributed by atoms with van der Waals surface area (Å²) in [6.45, 7) is 2.50. The predicted molar refractivity (Wildman–Crippen MR) is 61.2 cm³/mol. The Morgan fingerprint density at radius 2 is 1.73 bits per heavy atom. The second kappa shape index (κ2) is 4.06. The molecule has 2 fully saturated rings. The molecule has 2 bridgehead atoms. The molecule has 3 nitrogen and oxygen atoms in total. The molecule has 0 spiro atoms. The zero-order chi connectivity index (χ0) is 11.1. The molecule has 88 valence electrons. The lowest BCUT2D eigenvalue weighted by Gasteiger charge is -2.34. The molecular formula is C11H21NO2S. The van der Waals surface area contributed by atoms with Crippen molar-refractivity contribution in [2.45, 2.75) is 37.9 Å². The number of sulfone groups is 1. The molecule has 2 unspecified atom stereocenters. The molecule has 2 N–H and O–H groups in total. The van der Waals surface area contributed by atoms with Crippen LogP contribution in [0.15, 0.2) is 0 Å². The van der Waals surface area contributed by atoms with Crippen LogP contribution in [0.4, 0.5) is 0 Å². The van der Waals surface area contributed by atoms with Crippen LogP contribution in [0.1, 0.15) is 32.6 Å². The van der Waals surface area contributed by atoms with Crippen LogP contribution in [-0.4, -0.2) is 26.0 Å². The normalized spacial score (nSPS) is 40.7. The van der Waals surface area contributed by atoms with Gasteiger partial charge in [0.2, 0.25) is 0 Å². The summed E-state index contributed by atoms with van der Waals surface area (Å²) >= 11 is 0. The third-order valence-corrected chi connectivity index (χ3v) is 6.66. The van der Waals surface area contributed by atoms with Crippen molar-refractivity contribution in [3.8, 4) is 0 Å². The first-order valence-corrected chi connectivity index (χ1v) is 7.71. The van der Waals surface area contributed by atoms with E-state index in [0.29, 0.717) is 23.5 Å². The third-order valence-electron chi connectivity index (χ3n) is 4.26. The molecule has 2 saturated carbocycles. The van der Waals surface area contributed by atoms with Crippen LogP contribution in [0.2, 0.25) is 0 Å². The zero-order valence-corrected chi connectivity index (χ0v) is 10.2. The van der Waals surface area contributed by atoms with E-state index in [4.69, 9.17) is 5.73 Å². The van der Waals surface area contributed by atoms with Gasteiger partial charge in [0, 0.05) is 5.75 Å². The average Bonchev–Trinajstić information content (AvgIpc) is 2.51. The fourth-order valence-electron chi connectivity index (χ4n) is 3.57. The Morgan fingerprint density at radius 1 is 1.20 bits per heavy atom. The van der Waals surface area contributed by atoms with Crippen molar-refractivity contribution >= 4 is 9.84 Å². The van der Waals surface area contributed by atoms with Crippen LogP contribution in [-0.2, 0) is 9.84 Å². The van der Waals surface area contributed by atoms with Crippen LogP contribution in [0, 0.1) is 17.8 Å². The van der Waals surface area contributed by atoms with Crippen LogP contribution in [0.25, 0.3) is 0 Å². The van der Waals surface area contributed by atoms with Crippen molar-refractivity contribution in [1.82, 2.24) is 0 Å². The Morgan fingerprint density at radius 3 is 2.13 bits per heavy atom. The summed E-state index contributed by atoms with van der Waals surface area (Å²) in [7, 11) is -2.83. The van der Waals surface area contributed by atoms with E-state index in [9.17, 15) is 8.42 Å². The van der Waals surface area contributed by atoms with E-state index in [2.05, 4.69) is 0 Å². The maximum absolute atomic E-state index is 12.0. The summed E-state index contributed by atoms with van der Waals surface area (Å²) in [4.78, 5) is 0. The first kappa shape index (κ1) is 11.4. The molecular weight excluding hydrogens is 210 g/mol. The standard InChI is InChI=1S/C11H21NO2S/c1-2-15(13,14)11-9-3-4-10(11)6-8(5-9)7-12/h8-11H,2-7,12H2,1H3. The third kappa shape index (κ3) is 1.94. The van der Waals surface area contributed by atoms with Gasteiger partial charge in [-0.1, -0.05) is 6.92 Å². The number of hydrogen-bond acceptors (Lipinski definition) is 3. The van der Waals surface area contributed by atoms with E-state index in [1.165, 1.54) is 0 Å². The molecule has 15 heavy (non-hydrogen) atoms. The van der Waals surface area contributed by atoms with Gasteiger partial charge in [-0.25, -0.2) is 8.42 Å². The van der Waals surface area contributed by atoms with E-state index in [1.54, 1.807) is 6.92 Å². The molecule has 4 heteroatoms. The minimum Gasteiger partial charge on any atom is -0.330 e. The molecule has 2 rings (SSSR count). The fraction of sp³-hybridized carbons (Fsp3) is 1.00. The van der Waals surface area contributed by atoms with Crippen LogP contribution in [0.5, 0.6) is 0 Å². The Kier molecular flexibility index (Phi) is 3.08. The predicted octanol–water partition coefficient (Wildman–Crippen LogP) is 1.18. The van der Waals surface area contributed by atoms with Crippen molar-refractivity contribution in [1.29, 1.82) is 0 Å². The number of fused-ring (bicyclic) bond motifs is 2. The van der Waals surface area contributed by atoms with Crippen molar-refractivity contribution in [2.24, 2.45) is 23.5 Å². The molecule has 0 aromatic rings. The summed E-state index contributed by atoms with van der Waals surface area (Å²) < 4.78 is 24.0. The molecule has 0 heterocycles. The number of nitrogens with two attached hydrogens (primary N) is 1. The van der Waals surface area contributed by atoms with Gasteiger partial charge < -0.3 is 5.73 Å². The average molecular weight is 231 g/mol. The minimum absolute atomic E-state index is 0.0368. The second-order valence-corrected chi connectivity index (χ2v) is 7.53.